The van der Waals surface area contributed by atoms with Crippen molar-refractivity contribution < 1.29 is 40.7 Å². The van der Waals surface area contributed by atoms with E-state index in [1.807, 2.05) is 0 Å². The van der Waals surface area contributed by atoms with Crippen LogP contribution in [0.5, 0.6) is 5.75 Å². The molecule has 0 radical (unpaired) electrons. The van der Waals surface area contributed by atoms with Crippen LogP contribution in [0.4, 0.5) is 26.3 Å². The first-order chi connectivity index (χ1) is 13.8. The second kappa shape index (κ2) is 8.64. The number of methoxy groups -OCH3 is 1. The summed E-state index contributed by atoms with van der Waals surface area (Å²) in [7, 11) is 1.40. The molecule has 5 nitrogen and oxygen atoms in total. The van der Waals surface area contributed by atoms with Crippen molar-refractivity contribution in [3.63, 3.8) is 0 Å². The van der Waals surface area contributed by atoms with Gasteiger partial charge >= 0.3 is 12.4 Å². The van der Waals surface area contributed by atoms with Crippen molar-refractivity contribution in [3.8, 4) is 5.75 Å². The maximum Gasteiger partial charge on any atom is 0.416 e. The summed E-state index contributed by atoms with van der Waals surface area (Å²) >= 11 is 0. The molecule has 0 bridgehead atoms. The molecule has 0 aliphatic carbocycles. The molecule has 0 heterocycles. The van der Waals surface area contributed by atoms with Crippen molar-refractivity contribution >= 4 is 11.8 Å². The Morgan fingerprint density at radius 2 is 1.57 bits per heavy atom. The van der Waals surface area contributed by atoms with Crippen molar-refractivity contribution in [2.45, 2.75) is 24.8 Å². The average Bonchev–Trinajstić information content (AvgIpc) is 2.65. The van der Waals surface area contributed by atoms with Crippen LogP contribution in [0.3, 0.4) is 0 Å². The van der Waals surface area contributed by atoms with Gasteiger partial charge in [-0.25, -0.2) is 0 Å². The number of benzene rings is 2. The van der Waals surface area contributed by atoms with Crippen molar-refractivity contribution in [1.29, 1.82) is 0 Å². The smallest absolute Gasteiger partial charge is 0.416 e. The molecule has 0 unspecified atom stereocenters. The summed E-state index contributed by atoms with van der Waals surface area (Å²) in [4.78, 5) is 24.0. The number of alkyl halides is 6. The molecule has 2 amide bonds. The van der Waals surface area contributed by atoms with Gasteiger partial charge in [0.2, 0.25) is 5.91 Å². The molecule has 11 heteroatoms. The molecule has 1 atom stereocenters. The van der Waals surface area contributed by atoms with Gasteiger partial charge in [0, 0.05) is 12.0 Å². The lowest BCUT2D eigenvalue weighted by molar-refractivity contribution is -0.143. The van der Waals surface area contributed by atoms with E-state index in [4.69, 9.17) is 10.5 Å². The number of carbonyl (C=O) groups is 2. The summed E-state index contributed by atoms with van der Waals surface area (Å²) in [6, 6.07) is 5.39. The highest BCUT2D eigenvalue weighted by molar-refractivity contribution is 5.97. The number of primary amides is 1. The number of amides is 2. The molecular weight excluding hydrogens is 418 g/mol. The summed E-state index contributed by atoms with van der Waals surface area (Å²) in [6.07, 6.45) is -10.4. The molecule has 3 N–H and O–H groups in total. The molecule has 0 spiro atoms. The summed E-state index contributed by atoms with van der Waals surface area (Å²) < 4.78 is 82.8. The minimum absolute atomic E-state index is 0.0986. The van der Waals surface area contributed by atoms with E-state index in [1.54, 1.807) is 18.2 Å². The van der Waals surface area contributed by atoms with Crippen molar-refractivity contribution in [1.82, 2.24) is 5.32 Å². The van der Waals surface area contributed by atoms with Gasteiger partial charge in [-0.1, -0.05) is 12.1 Å². The number of nitrogens with two attached hydrogens (primary N) is 1. The van der Waals surface area contributed by atoms with Gasteiger partial charge in [-0.2, -0.15) is 26.3 Å². The molecule has 30 heavy (non-hydrogen) atoms. The molecule has 2 aromatic rings. The lowest BCUT2D eigenvalue weighted by Crippen LogP contribution is -2.46. The molecule has 0 saturated heterocycles. The summed E-state index contributed by atoms with van der Waals surface area (Å²) in [5.41, 5.74) is 1.53. The number of halogens is 6. The summed E-state index contributed by atoms with van der Waals surface area (Å²) in [5.74, 6) is -1.89. The maximum absolute atomic E-state index is 13.0. The molecule has 2 aromatic carbocycles. The Morgan fingerprint density at radius 3 is 2.03 bits per heavy atom. The molecular formula is C19H16F6N2O3. The number of carbonyl (C=O) groups excluding carboxylic acids is 2. The minimum Gasteiger partial charge on any atom is -0.497 e. The molecule has 0 aliphatic rings. The highest BCUT2D eigenvalue weighted by Crippen LogP contribution is 2.36. The predicted octanol–water partition coefficient (Wildman–Crippen LogP) is 3.56. The third kappa shape index (κ3) is 5.88. The quantitative estimate of drug-likeness (QED) is 0.683. The van der Waals surface area contributed by atoms with Crippen LogP contribution in [0.15, 0.2) is 42.5 Å². The minimum atomic E-state index is -5.11. The highest BCUT2D eigenvalue weighted by Gasteiger charge is 2.37. The van der Waals surface area contributed by atoms with Crippen molar-refractivity contribution in [2.24, 2.45) is 5.73 Å². The molecule has 2 rings (SSSR count). The molecule has 0 fully saturated rings. The van der Waals surface area contributed by atoms with Crippen molar-refractivity contribution in [2.75, 3.05) is 7.11 Å². The number of nitrogens with one attached hydrogen (secondary N) is 1. The zero-order valence-corrected chi connectivity index (χ0v) is 15.4. The van der Waals surface area contributed by atoms with Crippen LogP contribution in [0.1, 0.15) is 27.0 Å². The number of hydrogen-bond donors (Lipinski definition) is 2. The van der Waals surface area contributed by atoms with Gasteiger partial charge in [-0.15, -0.1) is 0 Å². The molecule has 0 aromatic heterocycles. The number of rotatable bonds is 6. The standard InChI is InChI=1S/C19H16F6N2O3/c1-30-14-4-2-3-10(5-14)6-15(16(26)28)27-17(29)11-7-12(18(20,21)22)9-13(8-11)19(23,24)25/h2-5,7-9,15H,6H2,1H3,(H2,26,28)(H,27,29)/t15-/m1/s1. The van der Waals surface area contributed by atoms with Gasteiger partial charge in [0.05, 0.1) is 18.2 Å². The average molecular weight is 434 g/mol. The lowest BCUT2D eigenvalue weighted by atomic mass is 10.0. The normalized spacial score (nSPS) is 12.9. The van der Waals surface area contributed by atoms with E-state index < -0.39 is 46.9 Å². The Bertz CT molecular complexity index is 908. The molecule has 0 aliphatic heterocycles. The second-order valence-corrected chi connectivity index (χ2v) is 6.28. The lowest BCUT2D eigenvalue weighted by Gasteiger charge is -2.18. The topological polar surface area (TPSA) is 81.4 Å². The predicted molar refractivity (Wildman–Crippen MR) is 93.6 cm³/mol. The van der Waals surface area contributed by atoms with Crippen molar-refractivity contribution in [3.05, 3.63) is 64.7 Å². The third-order valence-corrected chi connectivity index (χ3v) is 4.07. The molecule has 162 valence electrons. The fourth-order valence-electron chi connectivity index (χ4n) is 2.59. The van der Waals surface area contributed by atoms with Crippen LogP contribution >= 0.6 is 0 Å². The van der Waals surface area contributed by atoms with Gasteiger partial charge in [0.1, 0.15) is 11.8 Å². The fourth-order valence-corrected chi connectivity index (χ4v) is 2.59. The third-order valence-electron chi connectivity index (χ3n) is 4.07. The SMILES string of the molecule is COc1cccc(C[C@@H](NC(=O)c2cc(C(F)(F)F)cc(C(F)(F)F)c2)C(N)=O)c1. The first kappa shape index (κ1) is 23.0. The Kier molecular flexibility index (Phi) is 6.63. The summed E-state index contributed by atoms with van der Waals surface area (Å²) in [5, 5.41) is 2.09. The van der Waals surface area contributed by atoms with Gasteiger partial charge in [-0.05, 0) is 35.9 Å². The summed E-state index contributed by atoms with van der Waals surface area (Å²) in [6.45, 7) is 0. The number of ether oxygens (including phenoxy) is 1. The van der Waals surface area contributed by atoms with Crippen LogP contribution in [0, 0.1) is 0 Å². The Morgan fingerprint density at radius 1 is 1.00 bits per heavy atom. The zero-order valence-electron chi connectivity index (χ0n) is 15.4. The Balaban J connectivity index is 2.34. The zero-order chi connectivity index (χ0) is 22.7. The van der Waals surface area contributed by atoms with Gasteiger partial charge in [0.15, 0.2) is 0 Å². The number of hydrogen-bond acceptors (Lipinski definition) is 3. The Hall–Kier alpha value is -3.24. The van der Waals surface area contributed by atoms with E-state index in [-0.39, 0.29) is 24.6 Å². The van der Waals surface area contributed by atoms with E-state index in [2.05, 4.69) is 5.32 Å². The van der Waals surface area contributed by atoms with Crippen LogP contribution in [0.2, 0.25) is 0 Å². The second-order valence-electron chi connectivity index (χ2n) is 6.28. The Labute approximate surface area is 166 Å². The first-order valence-electron chi connectivity index (χ1n) is 8.34. The largest absolute Gasteiger partial charge is 0.497 e. The monoisotopic (exact) mass is 434 g/mol. The molecule has 0 saturated carbocycles. The van der Waals surface area contributed by atoms with E-state index in [0.29, 0.717) is 11.3 Å². The van der Waals surface area contributed by atoms with E-state index in [0.717, 1.165) is 0 Å². The first-order valence-corrected chi connectivity index (χ1v) is 8.34. The maximum atomic E-state index is 13.0. The van der Waals surface area contributed by atoms with Gasteiger partial charge in [-0.3, -0.25) is 9.59 Å². The van der Waals surface area contributed by atoms with Gasteiger partial charge < -0.3 is 15.8 Å². The van der Waals surface area contributed by atoms with Crippen LogP contribution in [-0.2, 0) is 23.6 Å². The van der Waals surface area contributed by atoms with Crippen LogP contribution in [-0.4, -0.2) is 25.0 Å². The van der Waals surface area contributed by atoms with Crippen LogP contribution in [0.25, 0.3) is 0 Å². The highest BCUT2D eigenvalue weighted by atomic mass is 19.4. The van der Waals surface area contributed by atoms with Crippen LogP contribution < -0.4 is 15.8 Å². The fraction of sp³-hybridized carbons (Fsp3) is 0.263. The van der Waals surface area contributed by atoms with E-state index >= 15 is 0 Å². The van der Waals surface area contributed by atoms with E-state index in [9.17, 15) is 35.9 Å². The van der Waals surface area contributed by atoms with E-state index in [1.165, 1.54) is 13.2 Å². The van der Waals surface area contributed by atoms with Gasteiger partial charge in [0.25, 0.3) is 5.91 Å².